The number of carboxylic acids is 1. The minimum atomic E-state index is -0.815. The second-order valence-electron chi connectivity index (χ2n) is 5.03. The van der Waals surface area contributed by atoms with E-state index in [0.29, 0.717) is 6.42 Å². The first kappa shape index (κ1) is 14.8. The van der Waals surface area contributed by atoms with Gasteiger partial charge in [-0.2, -0.15) is 0 Å². The molecule has 1 aromatic rings. The zero-order chi connectivity index (χ0) is 14.4. The lowest BCUT2D eigenvalue weighted by atomic mass is 10.1. The Kier molecular flexibility index (Phi) is 5.38. The summed E-state index contributed by atoms with van der Waals surface area (Å²) in [5.41, 5.74) is 2.09. The number of ether oxygens (including phenoxy) is 1. The lowest BCUT2D eigenvalue weighted by Gasteiger charge is -2.26. The molecular weight excluding hydrogens is 256 g/mol. The molecule has 0 bridgehead atoms. The van der Waals surface area contributed by atoms with Crippen LogP contribution in [0.5, 0.6) is 0 Å². The van der Waals surface area contributed by atoms with Crippen LogP contribution in [0, 0.1) is 0 Å². The van der Waals surface area contributed by atoms with E-state index in [1.54, 1.807) is 0 Å². The van der Waals surface area contributed by atoms with E-state index >= 15 is 0 Å². The number of nitrogens with zero attached hydrogens (tertiary/aromatic N) is 1. The number of hydrogen-bond donors (Lipinski definition) is 2. The van der Waals surface area contributed by atoms with Crippen LogP contribution in [0.2, 0.25) is 0 Å². The minimum Gasteiger partial charge on any atom is -0.480 e. The van der Waals surface area contributed by atoms with Crippen molar-refractivity contribution in [3.63, 3.8) is 0 Å². The van der Waals surface area contributed by atoms with Crippen LogP contribution in [0.25, 0.3) is 0 Å². The van der Waals surface area contributed by atoms with Crippen molar-refractivity contribution >= 4 is 11.7 Å². The Balaban J connectivity index is 1.90. The van der Waals surface area contributed by atoms with E-state index in [9.17, 15) is 4.79 Å². The molecule has 0 aliphatic carbocycles. The molecule has 5 nitrogen and oxygen atoms in total. The zero-order valence-corrected chi connectivity index (χ0v) is 11.8. The highest BCUT2D eigenvalue weighted by Gasteiger charge is 2.14. The lowest BCUT2D eigenvalue weighted by molar-refractivity contribution is -0.137. The molecule has 1 heterocycles. The highest BCUT2D eigenvalue weighted by Crippen LogP contribution is 2.14. The molecule has 1 saturated heterocycles. The maximum atomic E-state index is 11.0. The first-order valence-corrected chi connectivity index (χ1v) is 7.07. The van der Waals surface area contributed by atoms with Crippen LogP contribution in [-0.2, 0) is 16.1 Å². The van der Waals surface area contributed by atoms with Crippen molar-refractivity contribution in [1.82, 2.24) is 4.90 Å². The van der Waals surface area contributed by atoms with Crippen LogP contribution in [0.1, 0.15) is 18.9 Å². The molecule has 1 atom stereocenters. The van der Waals surface area contributed by atoms with Crippen molar-refractivity contribution in [2.75, 3.05) is 31.6 Å². The summed E-state index contributed by atoms with van der Waals surface area (Å²) >= 11 is 0. The highest BCUT2D eigenvalue weighted by atomic mass is 16.5. The molecule has 1 unspecified atom stereocenters. The Labute approximate surface area is 119 Å². The zero-order valence-electron chi connectivity index (χ0n) is 11.8. The number of nitrogens with one attached hydrogen (secondary N) is 1. The molecule has 2 rings (SSSR count). The Bertz CT molecular complexity index is 427. The molecule has 20 heavy (non-hydrogen) atoms. The van der Waals surface area contributed by atoms with E-state index < -0.39 is 12.0 Å². The third-order valence-electron chi connectivity index (χ3n) is 3.51. The number of aliphatic carboxylic acids is 1. The van der Waals surface area contributed by atoms with E-state index in [-0.39, 0.29) is 0 Å². The average Bonchev–Trinajstić information content (AvgIpc) is 2.47. The van der Waals surface area contributed by atoms with Gasteiger partial charge in [0.15, 0.2) is 0 Å². The quantitative estimate of drug-likeness (QED) is 0.831. The molecule has 110 valence electrons. The van der Waals surface area contributed by atoms with Crippen LogP contribution < -0.4 is 5.32 Å². The van der Waals surface area contributed by atoms with E-state index in [1.165, 1.54) is 5.56 Å². The number of carboxylic acid groups (broad SMARTS) is 1. The SMILES string of the molecule is CCC(Nc1ccc(CN2CCOCC2)cc1)C(=O)O. The van der Waals surface area contributed by atoms with Crippen LogP contribution in [-0.4, -0.2) is 48.3 Å². The van der Waals surface area contributed by atoms with Crippen LogP contribution >= 0.6 is 0 Å². The summed E-state index contributed by atoms with van der Waals surface area (Å²) in [5, 5.41) is 12.1. The predicted octanol–water partition coefficient (Wildman–Crippen LogP) is 1.79. The van der Waals surface area contributed by atoms with Crippen LogP contribution in [0.3, 0.4) is 0 Å². The van der Waals surface area contributed by atoms with Crippen molar-refractivity contribution in [3.05, 3.63) is 29.8 Å². The first-order chi connectivity index (χ1) is 9.69. The van der Waals surface area contributed by atoms with Crippen molar-refractivity contribution in [2.24, 2.45) is 0 Å². The standard InChI is InChI=1S/C15H22N2O3/c1-2-14(15(18)19)16-13-5-3-12(4-6-13)11-17-7-9-20-10-8-17/h3-6,14,16H,2,7-11H2,1H3,(H,18,19). The molecule has 0 radical (unpaired) electrons. The van der Waals surface area contributed by atoms with Gasteiger partial charge in [-0.3, -0.25) is 4.90 Å². The third kappa shape index (κ3) is 4.21. The van der Waals surface area contributed by atoms with E-state index in [0.717, 1.165) is 38.5 Å². The Morgan fingerprint density at radius 3 is 2.55 bits per heavy atom. The number of hydrogen-bond acceptors (Lipinski definition) is 4. The number of carbonyl (C=O) groups is 1. The molecule has 0 aromatic heterocycles. The van der Waals surface area contributed by atoms with Crippen molar-refractivity contribution in [2.45, 2.75) is 25.9 Å². The molecule has 1 aliphatic heterocycles. The summed E-state index contributed by atoms with van der Waals surface area (Å²) in [6.07, 6.45) is 0.560. The number of rotatable bonds is 6. The van der Waals surface area contributed by atoms with Gasteiger partial charge in [-0.15, -0.1) is 0 Å². The summed E-state index contributed by atoms with van der Waals surface area (Å²) in [6.45, 7) is 6.32. The molecule has 1 fully saturated rings. The highest BCUT2D eigenvalue weighted by molar-refractivity contribution is 5.77. The van der Waals surface area contributed by atoms with Crippen LogP contribution in [0.15, 0.2) is 24.3 Å². The van der Waals surface area contributed by atoms with Gasteiger partial charge in [0.05, 0.1) is 13.2 Å². The van der Waals surface area contributed by atoms with Gasteiger partial charge in [0.1, 0.15) is 6.04 Å². The van der Waals surface area contributed by atoms with Gasteiger partial charge in [-0.05, 0) is 24.1 Å². The summed E-state index contributed by atoms with van der Waals surface area (Å²) in [7, 11) is 0. The topological polar surface area (TPSA) is 61.8 Å². The van der Waals surface area contributed by atoms with Gasteiger partial charge in [-0.25, -0.2) is 4.79 Å². The molecular formula is C15H22N2O3. The summed E-state index contributed by atoms with van der Waals surface area (Å²) in [4.78, 5) is 13.3. The Morgan fingerprint density at radius 2 is 2.00 bits per heavy atom. The second-order valence-corrected chi connectivity index (χ2v) is 5.03. The average molecular weight is 278 g/mol. The fourth-order valence-corrected chi connectivity index (χ4v) is 2.26. The molecule has 1 aromatic carbocycles. The van der Waals surface area contributed by atoms with Crippen molar-refractivity contribution in [1.29, 1.82) is 0 Å². The molecule has 1 aliphatic rings. The number of anilines is 1. The van der Waals surface area contributed by atoms with Gasteiger partial charge in [0, 0.05) is 25.3 Å². The van der Waals surface area contributed by atoms with Crippen molar-refractivity contribution in [3.8, 4) is 0 Å². The fourth-order valence-electron chi connectivity index (χ4n) is 2.26. The predicted molar refractivity (Wildman–Crippen MR) is 77.9 cm³/mol. The maximum Gasteiger partial charge on any atom is 0.326 e. The second kappa shape index (κ2) is 7.26. The summed E-state index contributed by atoms with van der Waals surface area (Å²) in [5.74, 6) is -0.815. The maximum absolute atomic E-state index is 11.0. The Morgan fingerprint density at radius 1 is 1.35 bits per heavy atom. The first-order valence-electron chi connectivity index (χ1n) is 7.07. The van der Waals surface area contributed by atoms with Gasteiger partial charge in [0.2, 0.25) is 0 Å². The summed E-state index contributed by atoms with van der Waals surface area (Å²) < 4.78 is 5.33. The van der Waals surface area contributed by atoms with Gasteiger partial charge in [-0.1, -0.05) is 19.1 Å². The van der Waals surface area contributed by atoms with Gasteiger partial charge < -0.3 is 15.2 Å². The largest absolute Gasteiger partial charge is 0.480 e. The molecule has 2 N–H and O–H groups in total. The lowest BCUT2D eigenvalue weighted by Crippen LogP contribution is -2.35. The van der Waals surface area contributed by atoms with Crippen molar-refractivity contribution < 1.29 is 14.6 Å². The molecule has 0 spiro atoms. The van der Waals surface area contributed by atoms with Gasteiger partial charge in [0.25, 0.3) is 0 Å². The van der Waals surface area contributed by atoms with Crippen LogP contribution in [0.4, 0.5) is 5.69 Å². The fraction of sp³-hybridized carbons (Fsp3) is 0.533. The molecule has 0 amide bonds. The monoisotopic (exact) mass is 278 g/mol. The number of benzene rings is 1. The van der Waals surface area contributed by atoms with E-state index in [2.05, 4.69) is 10.2 Å². The number of morpholine rings is 1. The van der Waals surface area contributed by atoms with E-state index in [4.69, 9.17) is 9.84 Å². The normalized spacial score (nSPS) is 17.6. The van der Waals surface area contributed by atoms with Gasteiger partial charge >= 0.3 is 5.97 Å². The Hall–Kier alpha value is -1.59. The van der Waals surface area contributed by atoms with E-state index in [1.807, 2.05) is 31.2 Å². The molecule has 0 saturated carbocycles. The molecule has 5 heteroatoms. The smallest absolute Gasteiger partial charge is 0.326 e. The summed E-state index contributed by atoms with van der Waals surface area (Å²) in [6, 6.07) is 7.46. The minimum absolute atomic E-state index is 0.528. The third-order valence-corrected chi connectivity index (χ3v) is 3.51.